The Hall–Kier alpha value is -1.20. The van der Waals surface area contributed by atoms with E-state index in [0.717, 1.165) is 23.9 Å². The Labute approximate surface area is 93.0 Å². The minimum Gasteiger partial charge on any atom is -0.313 e. The van der Waals surface area contributed by atoms with E-state index in [2.05, 4.69) is 29.2 Å². The first-order chi connectivity index (χ1) is 7.33. The quantitative estimate of drug-likeness (QED) is 0.857. The van der Waals surface area contributed by atoms with Gasteiger partial charge in [-0.1, -0.05) is 6.92 Å². The van der Waals surface area contributed by atoms with Crippen LogP contribution in [0, 0.1) is 6.92 Å². The maximum absolute atomic E-state index is 4.34. The molecule has 2 rings (SSSR count). The van der Waals surface area contributed by atoms with Gasteiger partial charge in [-0.2, -0.15) is 5.10 Å². The summed E-state index contributed by atoms with van der Waals surface area (Å²) in [5, 5.41) is 10.5. The summed E-state index contributed by atoms with van der Waals surface area (Å²) in [5.74, 6) is 0. The Bertz CT molecular complexity index is 419. The fraction of sp³-hybridized carbons (Fsp3) is 0.400. The summed E-state index contributed by atoms with van der Waals surface area (Å²) < 4.78 is 1.89. The van der Waals surface area contributed by atoms with Gasteiger partial charge >= 0.3 is 0 Å². The van der Waals surface area contributed by atoms with Gasteiger partial charge in [0.1, 0.15) is 0 Å². The SMILES string of the molecule is CCNCc1cnn(-c2nccs2)c1C. The summed E-state index contributed by atoms with van der Waals surface area (Å²) >= 11 is 1.60. The third kappa shape index (κ3) is 2.08. The van der Waals surface area contributed by atoms with Crippen LogP contribution in [0.15, 0.2) is 17.8 Å². The molecule has 0 radical (unpaired) electrons. The smallest absolute Gasteiger partial charge is 0.210 e. The number of thiazole rings is 1. The third-order valence-electron chi connectivity index (χ3n) is 2.28. The fourth-order valence-electron chi connectivity index (χ4n) is 1.39. The highest BCUT2D eigenvalue weighted by Gasteiger charge is 2.08. The summed E-state index contributed by atoms with van der Waals surface area (Å²) in [4.78, 5) is 4.24. The standard InChI is InChI=1S/C10H14N4S/c1-3-11-6-9-7-13-14(8(9)2)10-12-4-5-15-10/h4-5,7,11H,3,6H2,1-2H3. The van der Waals surface area contributed by atoms with Crippen LogP contribution in [0.3, 0.4) is 0 Å². The Balaban J connectivity index is 2.24. The molecule has 15 heavy (non-hydrogen) atoms. The summed E-state index contributed by atoms with van der Waals surface area (Å²) in [5.41, 5.74) is 2.39. The van der Waals surface area contributed by atoms with E-state index in [1.54, 1.807) is 17.5 Å². The van der Waals surface area contributed by atoms with Gasteiger partial charge in [-0.05, 0) is 13.5 Å². The third-order valence-corrected chi connectivity index (χ3v) is 3.02. The van der Waals surface area contributed by atoms with Gasteiger partial charge in [-0.25, -0.2) is 9.67 Å². The second-order valence-electron chi connectivity index (χ2n) is 3.26. The Kier molecular flexibility index (Phi) is 3.13. The molecule has 4 nitrogen and oxygen atoms in total. The van der Waals surface area contributed by atoms with Crippen LogP contribution in [-0.4, -0.2) is 21.3 Å². The summed E-state index contributed by atoms with van der Waals surface area (Å²) in [6.45, 7) is 6.01. The van der Waals surface area contributed by atoms with Crippen LogP contribution in [0.2, 0.25) is 0 Å². The van der Waals surface area contributed by atoms with Gasteiger partial charge in [0.25, 0.3) is 0 Å². The molecule has 1 N–H and O–H groups in total. The second-order valence-corrected chi connectivity index (χ2v) is 4.14. The number of hydrogen-bond donors (Lipinski definition) is 1. The molecule has 0 aliphatic rings. The van der Waals surface area contributed by atoms with Gasteiger partial charge in [0, 0.05) is 29.4 Å². The van der Waals surface area contributed by atoms with Crippen molar-refractivity contribution in [2.75, 3.05) is 6.54 Å². The molecule has 2 aromatic heterocycles. The number of rotatable bonds is 4. The molecule has 0 spiro atoms. The van der Waals surface area contributed by atoms with Crippen molar-refractivity contribution >= 4 is 11.3 Å². The molecule has 0 amide bonds. The van der Waals surface area contributed by atoms with E-state index < -0.39 is 0 Å². The molecule has 0 atom stereocenters. The Morgan fingerprint density at radius 3 is 3.07 bits per heavy atom. The predicted molar refractivity (Wildman–Crippen MR) is 61.4 cm³/mol. The van der Waals surface area contributed by atoms with Crippen molar-refractivity contribution in [1.82, 2.24) is 20.1 Å². The van der Waals surface area contributed by atoms with Crippen LogP contribution < -0.4 is 5.32 Å². The molecule has 2 heterocycles. The second kappa shape index (κ2) is 4.55. The van der Waals surface area contributed by atoms with Crippen molar-refractivity contribution in [1.29, 1.82) is 0 Å². The maximum Gasteiger partial charge on any atom is 0.210 e. The van der Waals surface area contributed by atoms with Crippen molar-refractivity contribution in [2.24, 2.45) is 0 Å². The van der Waals surface area contributed by atoms with E-state index in [1.807, 2.05) is 16.3 Å². The maximum atomic E-state index is 4.34. The molecule has 2 aromatic rings. The molecular formula is C10H14N4S. The molecule has 0 saturated heterocycles. The fourth-order valence-corrected chi connectivity index (χ4v) is 2.04. The molecule has 80 valence electrons. The summed E-state index contributed by atoms with van der Waals surface area (Å²) in [7, 11) is 0. The Morgan fingerprint density at radius 1 is 1.53 bits per heavy atom. The first kappa shape index (κ1) is 10.3. The van der Waals surface area contributed by atoms with Crippen LogP contribution in [0.5, 0.6) is 0 Å². The highest BCUT2D eigenvalue weighted by atomic mass is 32.1. The van der Waals surface area contributed by atoms with Crippen molar-refractivity contribution in [3.63, 3.8) is 0 Å². The monoisotopic (exact) mass is 222 g/mol. The van der Waals surface area contributed by atoms with Crippen LogP contribution in [0.1, 0.15) is 18.2 Å². The van der Waals surface area contributed by atoms with Gasteiger partial charge < -0.3 is 5.32 Å². The lowest BCUT2D eigenvalue weighted by Gasteiger charge is -2.02. The van der Waals surface area contributed by atoms with Crippen LogP contribution in [0.25, 0.3) is 5.13 Å². The van der Waals surface area contributed by atoms with Gasteiger partial charge in [0.15, 0.2) is 0 Å². The van der Waals surface area contributed by atoms with Gasteiger partial charge in [0.2, 0.25) is 5.13 Å². The van der Waals surface area contributed by atoms with E-state index >= 15 is 0 Å². The molecule has 0 aliphatic heterocycles. The molecule has 5 heteroatoms. The minimum absolute atomic E-state index is 0.869. The lowest BCUT2D eigenvalue weighted by molar-refractivity contribution is 0.721. The van der Waals surface area contributed by atoms with Crippen LogP contribution in [0.4, 0.5) is 0 Å². The van der Waals surface area contributed by atoms with E-state index in [0.29, 0.717) is 0 Å². The Morgan fingerprint density at radius 2 is 2.40 bits per heavy atom. The zero-order valence-corrected chi connectivity index (χ0v) is 9.71. The van der Waals surface area contributed by atoms with Crippen LogP contribution in [-0.2, 0) is 6.54 Å². The van der Waals surface area contributed by atoms with Crippen molar-refractivity contribution in [2.45, 2.75) is 20.4 Å². The first-order valence-electron chi connectivity index (χ1n) is 4.97. The normalized spacial score (nSPS) is 10.8. The number of nitrogens with one attached hydrogen (secondary N) is 1. The van der Waals surface area contributed by atoms with E-state index in [4.69, 9.17) is 0 Å². The largest absolute Gasteiger partial charge is 0.313 e. The van der Waals surface area contributed by atoms with Crippen molar-refractivity contribution in [3.8, 4) is 5.13 Å². The van der Waals surface area contributed by atoms with Gasteiger partial charge in [-0.15, -0.1) is 11.3 Å². The van der Waals surface area contributed by atoms with Gasteiger partial charge in [0.05, 0.1) is 6.20 Å². The molecule has 0 saturated carbocycles. The topological polar surface area (TPSA) is 42.7 Å². The molecular weight excluding hydrogens is 208 g/mol. The highest BCUT2D eigenvalue weighted by Crippen LogP contribution is 2.15. The molecule has 0 aliphatic carbocycles. The van der Waals surface area contributed by atoms with Gasteiger partial charge in [-0.3, -0.25) is 0 Å². The zero-order chi connectivity index (χ0) is 10.7. The van der Waals surface area contributed by atoms with Crippen molar-refractivity contribution < 1.29 is 0 Å². The zero-order valence-electron chi connectivity index (χ0n) is 8.90. The molecule has 0 fully saturated rings. The number of nitrogens with zero attached hydrogens (tertiary/aromatic N) is 3. The van der Waals surface area contributed by atoms with E-state index in [1.165, 1.54) is 5.56 Å². The first-order valence-corrected chi connectivity index (χ1v) is 5.85. The van der Waals surface area contributed by atoms with E-state index in [9.17, 15) is 0 Å². The average Bonchev–Trinajstić information content (AvgIpc) is 2.84. The minimum atomic E-state index is 0.869. The molecule has 0 aromatic carbocycles. The number of aromatic nitrogens is 3. The number of hydrogen-bond acceptors (Lipinski definition) is 4. The lowest BCUT2D eigenvalue weighted by Crippen LogP contribution is -2.12. The molecule has 0 unspecified atom stereocenters. The average molecular weight is 222 g/mol. The highest BCUT2D eigenvalue weighted by molar-refractivity contribution is 7.12. The predicted octanol–water partition coefficient (Wildman–Crippen LogP) is 1.75. The van der Waals surface area contributed by atoms with E-state index in [-0.39, 0.29) is 0 Å². The lowest BCUT2D eigenvalue weighted by atomic mass is 10.2. The molecule has 0 bridgehead atoms. The summed E-state index contributed by atoms with van der Waals surface area (Å²) in [6.07, 6.45) is 3.70. The van der Waals surface area contributed by atoms with Crippen LogP contribution >= 0.6 is 11.3 Å². The summed E-state index contributed by atoms with van der Waals surface area (Å²) in [6, 6.07) is 0. The van der Waals surface area contributed by atoms with Crippen molar-refractivity contribution in [3.05, 3.63) is 29.0 Å².